The lowest BCUT2D eigenvalue weighted by molar-refractivity contribution is 0.0951. The number of aromatic nitrogens is 2. The average Bonchev–Trinajstić information content (AvgIpc) is 2.79. The minimum atomic E-state index is -0.318. The number of nitrogens with one attached hydrogen (secondary N) is 2. The van der Waals surface area contributed by atoms with Crippen molar-refractivity contribution in [2.75, 3.05) is 5.32 Å². The van der Waals surface area contributed by atoms with Crippen molar-refractivity contribution < 1.29 is 13.6 Å². The van der Waals surface area contributed by atoms with Crippen molar-refractivity contribution in [2.24, 2.45) is 0 Å². The molecule has 4 rings (SSSR count). The molecule has 0 aliphatic rings. The first kappa shape index (κ1) is 20.2. The Morgan fingerprint density at radius 3 is 2.29 bits per heavy atom. The van der Waals surface area contributed by atoms with Crippen LogP contribution in [0.2, 0.25) is 0 Å². The van der Waals surface area contributed by atoms with Crippen LogP contribution < -0.4 is 10.6 Å². The molecule has 1 heterocycles. The van der Waals surface area contributed by atoms with Gasteiger partial charge in [0.05, 0.1) is 5.69 Å². The topological polar surface area (TPSA) is 66.9 Å². The molecule has 0 bridgehead atoms. The van der Waals surface area contributed by atoms with Crippen LogP contribution in [0.4, 0.5) is 20.3 Å². The first-order valence-corrected chi connectivity index (χ1v) is 9.54. The van der Waals surface area contributed by atoms with E-state index < -0.39 is 0 Å². The van der Waals surface area contributed by atoms with Gasteiger partial charge in [-0.1, -0.05) is 18.2 Å². The van der Waals surface area contributed by atoms with E-state index in [1.165, 1.54) is 30.6 Å². The van der Waals surface area contributed by atoms with E-state index in [1.54, 1.807) is 48.5 Å². The molecule has 5 nitrogen and oxygen atoms in total. The van der Waals surface area contributed by atoms with Crippen LogP contribution in [0.15, 0.2) is 85.2 Å². The van der Waals surface area contributed by atoms with Gasteiger partial charge in [-0.2, -0.15) is 0 Å². The summed E-state index contributed by atoms with van der Waals surface area (Å²) in [5.41, 5.74) is 3.36. The maximum atomic E-state index is 13.1. The number of carbonyl (C=O) groups is 1. The number of amides is 1. The summed E-state index contributed by atoms with van der Waals surface area (Å²) in [4.78, 5) is 20.9. The molecule has 31 heavy (non-hydrogen) atoms. The van der Waals surface area contributed by atoms with Gasteiger partial charge in [0.15, 0.2) is 0 Å². The van der Waals surface area contributed by atoms with Gasteiger partial charge >= 0.3 is 0 Å². The van der Waals surface area contributed by atoms with Crippen LogP contribution >= 0.6 is 0 Å². The molecule has 0 fully saturated rings. The first-order chi connectivity index (χ1) is 15.1. The fourth-order valence-electron chi connectivity index (χ4n) is 2.98. The molecule has 7 heteroatoms. The molecule has 0 saturated carbocycles. The SMILES string of the molecule is O=C(NCc1ccc(F)cc1)c1cccc(Nc2cc(-c3ccc(F)cc3)ncn2)c1. The molecule has 154 valence electrons. The summed E-state index contributed by atoms with van der Waals surface area (Å²) in [5, 5.41) is 5.97. The van der Waals surface area contributed by atoms with Crippen molar-refractivity contribution in [1.29, 1.82) is 0 Å². The Balaban J connectivity index is 1.44. The molecule has 4 aromatic rings. The van der Waals surface area contributed by atoms with Gasteiger partial charge in [-0.25, -0.2) is 18.7 Å². The summed E-state index contributed by atoms with van der Waals surface area (Å²) in [7, 11) is 0. The van der Waals surface area contributed by atoms with Crippen molar-refractivity contribution in [3.63, 3.8) is 0 Å². The van der Waals surface area contributed by atoms with E-state index in [4.69, 9.17) is 0 Å². The number of halogens is 2. The van der Waals surface area contributed by atoms with Gasteiger partial charge in [-0.15, -0.1) is 0 Å². The fraction of sp³-hybridized carbons (Fsp3) is 0.0417. The lowest BCUT2D eigenvalue weighted by Gasteiger charge is -2.10. The Labute approximate surface area is 177 Å². The van der Waals surface area contributed by atoms with Crippen LogP contribution in [-0.4, -0.2) is 15.9 Å². The van der Waals surface area contributed by atoms with Crippen molar-refractivity contribution >= 4 is 17.4 Å². The van der Waals surface area contributed by atoms with Gasteiger partial charge in [0.2, 0.25) is 0 Å². The maximum Gasteiger partial charge on any atom is 0.251 e. The molecule has 1 amide bonds. The van der Waals surface area contributed by atoms with Gasteiger partial charge in [-0.3, -0.25) is 4.79 Å². The highest BCUT2D eigenvalue weighted by Crippen LogP contribution is 2.22. The monoisotopic (exact) mass is 416 g/mol. The molecular weight excluding hydrogens is 398 g/mol. The average molecular weight is 416 g/mol. The van der Waals surface area contributed by atoms with E-state index in [9.17, 15) is 13.6 Å². The Bertz CT molecular complexity index is 1190. The van der Waals surface area contributed by atoms with Gasteiger partial charge in [0.1, 0.15) is 23.8 Å². The molecule has 0 aliphatic heterocycles. The van der Waals surface area contributed by atoms with Crippen molar-refractivity contribution in [3.05, 3.63) is 108 Å². The summed E-state index contributed by atoms with van der Waals surface area (Å²) in [5.74, 6) is -0.340. The van der Waals surface area contributed by atoms with E-state index in [-0.39, 0.29) is 17.5 Å². The minimum absolute atomic E-state index is 0.248. The number of rotatable bonds is 6. The molecule has 0 radical (unpaired) electrons. The number of anilines is 2. The van der Waals surface area contributed by atoms with Crippen LogP contribution in [-0.2, 0) is 6.54 Å². The Morgan fingerprint density at radius 1 is 0.839 bits per heavy atom. The highest BCUT2D eigenvalue weighted by molar-refractivity contribution is 5.95. The lowest BCUT2D eigenvalue weighted by Crippen LogP contribution is -2.22. The van der Waals surface area contributed by atoms with Crippen LogP contribution in [0.5, 0.6) is 0 Å². The van der Waals surface area contributed by atoms with E-state index in [2.05, 4.69) is 20.6 Å². The van der Waals surface area contributed by atoms with Crippen LogP contribution in [0.3, 0.4) is 0 Å². The van der Waals surface area contributed by atoms with Crippen molar-refractivity contribution in [3.8, 4) is 11.3 Å². The molecule has 2 N–H and O–H groups in total. The van der Waals surface area contributed by atoms with Crippen LogP contribution in [0, 0.1) is 11.6 Å². The standard InChI is InChI=1S/C24H18F2N4O/c25-19-8-4-16(5-9-19)14-27-24(31)18-2-1-3-21(12-18)30-23-13-22(28-15-29-23)17-6-10-20(26)11-7-17/h1-13,15H,14H2,(H,27,31)(H,28,29,30). The van der Waals surface area contributed by atoms with E-state index in [1.807, 2.05) is 6.07 Å². The quantitative estimate of drug-likeness (QED) is 0.459. The molecule has 0 aliphatic carbocycles. The predicted molar refractivity (Wildman–Crippen MR) is 115 cm³/mol. The summed E-state index contributed by atoms with van der Waals surface area (Å²) in [6, 6.07) is 20.7. The van der Waals surface area contributed by atoms with E-state index >= 15 is 0 Å². The van der Waals surface area contributed by atoms with E-state index in [0.29, 0.717) is 29.3 Å². The van der Waals surface area contributed by atoms with Gasteiger partial charge in [-0.05, 0) is 60.2 Å². The lowest BCUT2D eigenvalue weighted by atomic mass is 10.1. The van der Waals surface area contributed by atoms with E-state index in [0.717, 1.165) is 11.1 Å². The number of hydrogen-bond acceptors (Lipinski definition) is 4. The van der Waals surface area contributed by atoms with Crippen LogP contribution in [0.25, 0.3) is 11.3 Å². The molecule has 0 unspecified atom stereocenters. The highest BCUT2D eigenvalue weighted by Gasteiger charge is 2.08. The number of nitrogens with zero attached hydrogens (tertiary/aromatic N) is 2. The predicted octanol–water partition coefficient (Wildman–Crippen LogP) is 5.10. The van der Waals surface area contributed by atoms with Gasteiger partial charge in [0.25, 0.3) is 5.91 Å². The molecule has 0 atom stereocenters. The third-order valence-electron chi connectivity index (χ3n) is 4.57. The van der Waals surface area contributed by atoms with Gasteiger partial charge in [0, 0.05) is 29.4 Å². The smallest absolute Gasteiger partial charge is 0.251 e. The summed E-state index contributed by atoms with van der Waals surface area (Å²) >= 11 is 0. The van der Waals surface area contributed by atoms with Crippen molar-refractivity contribution in [2.45, 2.75) is 6.54 Å². The second-order valence-corrected chi connectivity index (χ2v) is 6.81. The second-order valence-electron chi connectivity index (χ2n) is 6.81. The third kappa shape index (κ3) is 5.27. The second kappa shape index (κ2) is 9.13. The Morgan fingerprint density at radius 2 is 1.55 bits per heavy atom. The zero-order valence-corrected chi connectivity index (χ0v) is 16.3. The van der Waals surface area contributed by atoms with Gasteiger partial charge < -0.3 is 10.6 Å². The largest absolute Gasteiger partial charge is 0.348 e. The maximum absolute atomic E-state index is 13.1. The number of benzene rings is 3. The fourth-order valence-corrected chi connectivity index (χ4v) is 2.98. The first-order valence-electron chi connectivity index (χ1n) is 9.54. The summed E-state index contributed by atoms with van der Waals surface area (Å²) < 4.78 is 26.1. The summed E-state index contributed by atoms with van der Waals surface area (Å²) in [6.45, 7) is 0.295. The zero-order chi connectivity index (χ0) is 21.6. The van der Waals surface area contributed by atoms with Crippen LogP contribution in [0.1, 0.15) is 15.9 Å². The number of carbonyl (C=O) groups excluding carboxylic acids is 1. The normalized spacial score (nSPS) is 10.5. The minimum Gasteiger partial charge on any atom is -0.348 e. The molecule has 3 aromatic carbocycles. The van der Waals surface area contributed by atoms with Crippen molar-refractivity contribution in [1.82, 2.24) is 15.3 Å². The molecule has 1 aromatic heterocycles. The highest BCUT2D eigenvalue weighted by atomic mass is 19.1. The Hall–Kier alpha value is -4.13. The zero-order valence-electron chi connectivity index (χ0n) is 16.3. The molecule has 0 spiro atoms. The number of hydrogen-bond donors (Lipinski definition) is 2. The summed E-state index contributed by atoms with van der Waals surface area (Å²) in [6.07, 6.45) is 1.42. The molecular formula is C24H18F2N4O. The molecule has 0 saturated heterocycles. The Kier molecular flexibility index (Phi) is 5.93. The third-order valence-corrected chi connectivity index (χ3v) is 4.57.